The highest BCUT2D eigenvalue weighted by Crippen LogP contribution is 2.15. The molecule has 1 N–H and O–H groups in total. The van der Waals surface area contributed by atoms with Gasteiger partial charge in [0.05, 0.1) is 6.42 Å². The average molecular weight is 254 g/mol. The summed E-state index contributed by atoms with van der Waals surface area (Å²) in [7, 11) is 0. The van der Waals surface area contributed by atoms with Crippen LogP contribution in [0.1, 0.15) is 5.56 Å². The third kappa shape index (κ3) is 3.72. The summed E-state index contributed by atoms with van der Waals surface area (Å²) in [6, 6.07) is 14.0. The first-order valence-corrected chi connectivity index (χ1v) is 6.05. The number of hydrogen-bond donors (Lipinski definition) is 1. The molecule has 0 radical (unpaired) electrons. The van der Waals surface area contributed by atoms with Crippen LogP contribution >= 0.6 is 0 Å². The van der Waals surface area contributed by atoms with Gasteiger partial charge in [-0.1, -0.05) is 47.6 Å². The molecule has 1 amide bonds. The molecule has 2 aromatic rings. The Labute approximate surface area is 110 Å². The lowest BCUT2D eigenvalue weighted by molar-refractivity contribution is -0.120. The number of nitrogens with one attached hydrogen (secondary N) is 1. The number of nitrogens with zero attached hydrogens (tertiary/aromatic N) is 3. The molecule has 0 aliphatic heterocycles. The van der Waals surface area contributed by atoms with Crippen LogP contribution in [0.5, 0.6) is 0 Å². The highest BCUT2D eigenvalue weighted by molar-refractivity contribution is 5.85. The molecule has 0 heterocycles. The van der Waals surface area contributed by atoms with Crippen LogP contribution in [0.25, 0.3) is 21.2 Å². The summed E-state index contributed by atoms with van der Waals surface area (Å²) in [5.74, 6) is -0.0663. The fraction of sp³-hybridized carbons (Fsp3) is 0.214. The molecule has 0 spiro atoms. The van der Waals surface area contributed by atoms with Gasteiger partial charge in [-0.15, -0.1) is 0 Å². The Bertz CT molecular complexity index is 632. The first kappa shape index (κ1) is 12.9. The van der Waals surface area contributed by atoms with Gasteiger partial charge < -0.3 is 5.32 Å². The monoisotopic (exact) mass is 254 g/mol. The fourth-order valence-electron chi connectivity index (χ4n) is 1.89. The molecule has 0 aromatic heterocycles. The van der Waals surface area contributed by atoms with Crippen molar-refractivity contribution >= 4 is 16.7 Å². The van der Waals surface area contributed by atoms with E-state index < -0.39 is 0 Å². The predicted molar refractivity (Wildman–Crippen MR) is 74.7 cm³/mol. The maximum absolute atomic E-state index is 11.7. The fourth-order valence-corrected chi connectivity index (χ4v) is 1.89. The lowest BCUT2D eigenvalue weighted by Crippen LogP contribution is -2.27. The molecule has 0 saturated heterocycles. The van der Waals surface area contributed by atoms with E-state index in [1.807, 2.05) is 42.5 Å². The first-order chi connectivity index (χ1) is 9.29. The Morgan fingerprint density at radius 3 is 2.79 bits per heavy atom. The van der Waals surface area contributed by atoms with Gasteiger partial charge in [-0.3, -0.25) is 4.79 Å². The summed E-state index contributed by atoms with van der Waals surface area (Å²) in [5, 5.41) is 8.36. The highest BCUT2D eigenvalue weighted by Gasteiger charge is 2.03. The standard InChI is InChI=1S/C14H14N4O/c15-18-17-8-7-16-14(19)10-11-5-6-12-3-1-2-4-13(12)9-11/h1-6,9H,7-8,10H2,(H,16,19). The van der Waals surface area contributed by atoms with Crippen LogP contribution in [-0.2, 0) is 11.2 Å². The Kier molecular flexibility index (Phi) is 4.37. The van der Waals surface area contributed by atoms with Crippen molar-refractivity contribution in [1.82, 2.24) is 5.32 Å². The zero-order chi connectivity index (χ0) is 13.5. The largest absolute Gasteiger partial charge is 0.356 e. The third-order valence-corrected chi connectivity index (χ3v) is 2.78. The molecular weight excluding hydrogens is 240 g/mol. The van der Waals surface area contributed by atoms with Crippen LogP contribution in [0.4, 0.5) is 0 Å². The lowest BCUT2D eigenvalue weighted by atomic mass is 10.1. The second-order valence-electron chi connectivity index (χ2n) is 4.16. The van der Waals surface area contributed by atoms with E-state index in [-0.39, 0.29) is 12.5 Å². The minimum atomic E-state index is -0.0663. The van der Waals surface area contributed by atoms with Crippen molar-refractivity contribution in [2.45, 2.75) is 6.42 Å². The van der Waals surface area contributed by atoms with Gasteiger partial charge in [0, 0.05) is 18.0 Å². The third-order valence-electron chi connectivity index (χ3n) is 2.78. The van der Waals surface area contributed by atoms with Crippen LogP contribution in [0.2, 0.25) is 0 Å². The molecule has 5 heteroatoms. The molecule has 0 atom stereocenters. The molecule has 0 aliphatic rings. The Morgan fingerprint density at radius 1 is 1.21 bits per heavy atom. The molecule has 0 unspecified atom stereocenters. The van der Waals surface area contributed by atoms with Gasteiger partial charge >= 0.3 is 0 Å². The Hall–Kier alpha value is -2.52. The maximum Gasteiger partial charge on any atom is 0.224 e. The van der Waals surface area contributed by atoms with Crippen molar-refractivity contribution in [1.29, 1.82) is 0 Å². The second-order valence-corrected chi connectivity index (χ2v) is 4.16. The molecule has 2 rings (SSSR count). The number of carbonyl (C=O) groups excluding carboxylic acids is 1. The van der Waals surface area contributed by atoms with Gasteiger partial charge in [-0.05, 0) is 21.9 Å². The number of fused-ring (bicyclic) bond motifs is 1. The van der Waals surface area contributed by atoms with E-state index in [0.717, 1.165) is 16.3 Å². The molecule has 0 saturated carbocycles. The first-order valence-electron chi connectivity index (χ1n) is 6.05. The normalized spacial score (nSPS) is 9.89. The van der Waals surface area contributed by atoms with E-state index >= 15 is 0 Å². The van der Waals surface area contributed by atoms with E-state index in [9.17, 15) is 4.79 Å². The summed E-state index contributed by atoms with van der Waals surface area (Å²) in [6.07, 6.45) is 0.334. The van der Waals surface area contributed by atoms with Crippen LogP contribution in [0.15, 0.2) is 47.6 Å². The lowest BCUT2D eigenvalue weighted by Gasteiger charge is -2.05. The van der Waals surface area contributed by atoms with Crippen LogP contribution in [-0.4, -0.2) is 19.0 Å². The van der Waals surface area contributed by atoms with E-state index in [0.29, 0.717) is 13.0 Å². The number of amides is 1. The topological polar surface area (TPSA) is 77.9 Å². The van der Waals surface area contributed by atoms with Gasteiger partial charge in [-0.2, -0.15) is 0 Å². The van der Waals surface area contributed by atoms with E-state index in [4.69, 9.17) is 5.53 Å². The molecule has 5 nitrogen and oxygen atoms in total. The molecular formula is C14H14N4O. The molecule has 0 aliphatic carbocycles. The second kappa shape index (κ2) is 6.42. The van der Waals surface area contributed by atoms with Gasteiger partial charge in [0.25, 0.3) is 0 Å². The zero-order valence-corrected chi connectivity index (χ0v) is 10.4. The minimum Gasteiger partial charge on any atom is -0.356 e. The Balaban J connectivity index is 1.97. The Morgan fingerprint density at radius 2 is 2.00 bits per heavy atom. The molecule has 19 heavy (non-hydrogen) atoms. The van der Waals surface area contributed by atoms with Crippen LogP contribution in [0, 0.1) is 0 Å². The van der Waals surface area contributed by atoms with Crippen LogP contribution < -0.4 is 5.32 Å². The summed E-state index contributed by atoms with van der Waals surface area (Å²) in [5.41, 5.74) is 9.09. The molecule has 2 aromatic carbocycles. The predicted octanol–water partition coefficient (Wildman–Crippen LogP) is 2.81. The van der Waals surface area contributed by atoms with E-state index in [1.54, 1.807) is 0 Å². The number of rotatable bonds is 5. The zero-order valence-electron chi connectivity index (χ0n) is 10.4. The van der Waals surface area contributed by atoms with Gasteiger partial charge in [-0.25, -0.2) is 0 Å². The van der Waals surface area contributed by atoms with Crippen molar-refractivity contribution in [3.63, 3.8) is 0 Å². The molecule has 0 bridgehead atoms. The van der Waals surface area contributed by atoms with Gasteiger partial charge in [0.1, 0.15) is 0 Å². The summed E-state index contributed by atoms with van der Waals surface area (Å²) in [4.78, 5) is 14.3. The van der Waals surface area contributed by atoms with Crippen molar-refractivity contribution in [2.75, 3.05) is 13.1 Å². The van der Waals surface area contributed by atoms with E-state index in [2.05, 4.69) is 15.3 Å². The van der Waals surface area contributed by atoms with Crippen molar-refractivity contribution < 1.29 is 4.79 Å². The van der Waals surface area contributed by atoms with Crippen molar-refractivity contribution in [2.24, 2.45) is 5.11 Å². The number of azide groups is 1. The minimum absolute atomic E-state index is 0.0663. The summed E-state index contributed by atoms with van der Waals surface area (Å²) < 4.78 is 0. The quantitative estimate of drug-likeness (QED) is 0.378. The molecule has 0 fully saturated rings. The van der Waals surface area contributed by atoms with Gasteiger partial charge in [0.15, 0.2) is 0 Å². The number of benzene rings is 2. The smallest absolute Gasteiger partial charge is 0.224 e. The number of carbonyl (C=O) groups is 1. The molecule has 96 valence electrons. The van der Waals surface area contributed by atoms with Crippen LogP contribution in [0.3, 0.4) is 0 Å². The summed E-state index contributed by atoms with van der Waals surface area (Å²) >= 11 is 0. The highest BCUT2D eigenvalue weighted by atomic mass is 16.1. The maximum atomic E-state index is 11.7. The summed E-state index contributed by atoms with van der Waals surface area (Å²) in [6.45, 7) is 0.649. The number of hydrogen-bond acceptors (Lipinski definition) is 2. The SMILES string of the molecule is [N-]=[N+]=NCCNC(=O)Cc1ccc2ccccc2c1. The van der Waals surface area contributed by atoms with Crippen molar-refractivity contribution in [3.05, 3.63) is 58.5 Å². The van der Waals surface area contributed by atoms with Crippen molar-refractivity contribution in [3.8, 4) is 0 Å². The van der Waals surface area contributed by atoms with E-state index in [1.165, 1.54) is 0 Å². The average Bonchev–Trinajstić information content (AvgIpc) is 2.43. The van der Waals surface area contributed by atoms with Gasteiger partial charge in [0.2, 0.25) is 5.91 Å².